The molecule has 0 spiro atoms. The standard InChI is InChI=1S/C5H12.C3H8.C2H5.CH3.V/c1-3-5-4-2;1-3-2;1-2;;/h3-5H2,1-2H3;3H2,1-2H3;1H2,2H3;1H3;/q;;2*-1;+2. The molecular weight excluding hydrogens is 183 g/mol. The maximum absolute atomic E-state index is 3.25. The molecule has 0 aliphatic heterocycles. The van der Waals surface area contributed by atoms with E-state index in [-0.39, 0.29) is 26.0 Å². The Morgan fingerprint density at radius 3 is 1.00 bits per heavy atom. The third-order valence-electron chi connectivity index (χ3n) is 0.707. The zero-order valence-electron chi connectivity index (χ0n) is 9.98. The molecule has 1 radical (unpaired) electrons. The Hall–Kier alpha value is 0.584. The van der Waals surface area contributed by atoms with Gasteiger partial charge in [-0.25, -0.2) is 0 Å². The van der Waals surface area contributed by atoms with E-state index in [1.165, 1.54) is 25.7 Å². The van der Waals surface area contributed by atoms with E-state index in [1.54, 1.807) is 6.92 Å². The molecule has 0 aromatic rings. The van der Waals surface area contributed by atoms with E-state index in [2.05, 4.69) is 34.6 Å². The minimum atomic E-state index is 0. The molecule has 0 saturated carbocycles. The van der Waals surface area contributed by atoms with Gasteiger partial charge in [0.05, 0.1) is 0 Å². The van der Waals surface area contributed by atoms with Gasteiger partial charge in [-0.05, 0) is 0 Å². The van der Waals surface area contributed by atoms with Gasteiger partial charge >= 0.3 is 18.6 Å². The second kappa shape index (κ2) is 61.8. The van der Waals surface area contributed by atoms with Crippen molar-refractivity contribution in [3.05, 3.63) is 14.4 Å². The minimum absolute atomic E-state index is 0. The van der Waals surface area contributed by atoms with Crippen LogP contribution in [0.2, 0.25) is 0 Å². The van der Waals surface area contributed by atoms with Gasteiger partial charge in [-0.3, -0.25) is 0 Å². The summed E-state index contributed by atoms with van der Waals surface area (Å²) >= 11 is 0. The summed E-state index contributed by atoms with van der Waals surface area (Å²) < 4.78 is 0. The van der Waals surface area contributed by atoms with Gasteiger partial charge in [-0.2, -0.15) is 6.92 Å². The third-order valence-corrected chi connectivity index (χ3v) is 0.707. The number of hydrogen-bond donors (Lipinski definition) is 0. The van der Waals surface area contributed by atoms with Crippen LogP contribution in [0.1, 0.15) is 60.3 Å². The van der Waals surface area contributed by atoms with Crippen molar-refractivity contribution in [3.8, 4) is 0 Å². The Kier molecular flexibility index (Phi) is 151. The van der Waals surface area contributed by atoms with Gasteiger partial charge in [-0.1, -0.05) is 53.4 Å². The molecular formula is C11H28V. The predicted molar refractivity (Wildman–Crippen MR) is 58.6 cm³/mol. The fourth-order valence-corrected chi connectivity index (χ4v) is 0.354. The zero-order valence-corrected chi connectivity index (χ0v) is 11.4. The first-order chi connectivity index (χ1) is 4.83. The molecule has 77 valence electrons. The number of unbranched alkanes of at least 4 members (excludes halogenated alkanes) is 2. The van der Waals surface area contributed by atoms with Crippen LogP contribution in [0.15, 0.2) is 0 Å². The van der Waals surface area contributed by atoms with E-state index < -0.39 is 0 Å². The van der Waals surface area contributed by atoms with E-state index in [1.807, 2.05) is 0 Å². The van der Waals surface area contributed by atoms with Crippen LogP contribution in [0.5, 0.6) is 0 Å². The second-order valence-electron chi connectivity index (χ2n) is 2.06. The molecule has 0 bridgehead atoms. The van der Waals surface area contributed by atoms with E-state index in [0.29, 0.717) is 0 Å². The number of rotatable bonds is 2. The summed E-state index contributed by atoms with van der Waals surface area (Å²) in [5.74, 6) is 0. The molecule has 0 aliphatic rings. The van der Waals surface area contributed by atoms with Crippen LogP contribution in [0, 0.1) is 14.4 Å². The van der Waals surface area contributed by atoms with Crippen molar-refractivity contribution in [1.29, 1.82) is 0 Å². The Morgan fingerprint density at radius 1 is 0.833 bits per heavy atom. The van der Waals surface area contributed by atoms with Crippen LogP contribution < -0.4 is 0 Å². The van der Waals surface area contributed by atoms with Crippen molar-refractivity contribution >= 4 is 0 Å². The van der Waals surface area contributed by atoms with E-state index >= 15 is 0 Å². The van der Waals surface area contributed by atoms with E-state index in [4.69, 9.17) is 0 Å². The summed E-state index contributed by atoms with van der Waals surface area (Å²) in [6.45, 7) is 13.7. The quantitative estimate of drug-likeness (QED) is 0.570. The fraction of sp³-hybridized carbons (Fsp3) is 0.818. The molecule has 0 heterocycles. The molecule has 0 fully saturated rings. The number of hydrogen-bond acceptors (Lipinski definition) is 0. The van der Waals surface area contributed by atoms with Gasteiger partial charge in [0.15, 0.2) is 0 Å². The molecule has 1 heteroatoms. The summed E-state index contributed by atoms with van der Waals surface area (Å²) in [6.07, 6.45) is 5.33. The maximum Gasteiger partial charge on any atom is 2.00 e. The first kappa shape index (κ1) is 29.4. The van der Waals surface area contributed by atoms with E-state index in [9.17, 15) is 0 Å². The van der Waals surface area contributed by atoms with Crippen molar-refractivity contribution in [2.45, 2.75) is 60.3 Å². The molecule has 0 unspecified atom stereocenters. The van der Waals surface area contributed by atoms with Crippen LogP contribution in [0.3, 0.4) is 0 Å². The van der Waals surface area contributed by atoms with Crippen molar-refractivity contribution in [2.24, 2.45) is 0 Å². The average Bonchev–Trinajstić information content (AvgIpc) is 1.96. The molecule has 0 nitrogen and oxygen atoms in total. The maximum atomic E-state index is 3.25. The van der Waals surface area contributed by atoms with Gasteiger partial charge in [-0.15, -0.1) is 0 Å². The van der Waals surface area contributed by atoms with Gasteiger partial charge in [0.1, 0.15) is 0 Å². The van der Waals surface area contributed by atoms with Crippen LogP contribution in [-0.4, -0.2) is 0 Å². The summed E-state index contributed by atoms with van der Waals surface area (Å²) in [6, 6.07) is 0. The first-order valence-corrected chi connectivity index (χ1v) is 4.54. The van der Waals surface area contributed by atoms with Crippen LogP contribution in [-0.2, 0) is 18.6 Å². The Balaban J connectivity index is -0.0000000209. The van der Waals surface area contributed by atoms with Crippen molar-refractivity contribution in [2.75, 3.05) is 0 Å². The normalized spacial score (nSPS) is 5.50. The molecule has 0 amide bonds. The van der Waals surface area contributed by atoms with E-state index in [0.717, 1.165) is 0 Å². The summed E-state index contributed by atoms with van der Waals surface area (Å²) in [5, 5.41) is 0. The zero-order chi connectivity index (χ0) is 8.83. The largest absolute Gasteiger partial charge is 2.00 e. The minimum Gasteiger partial charge on any atom is -0.358 e. The molecule has 0 atom stereocenters. The molecule has 0 aromatic carbocycles. The molecule has 12 heavy (non-hydrogen) atoms. The Labute approximate surface area is 93.4 Å². The molecule has 0 N–H and O–H groups in total. The van der Waals surface area contributed by atoms with Gasteiger partial charge < -0.3 is 14.4 Å². The van der Waals surface area contributed by atoms with Crippen LogP contribution in [0.25, 0.3) is 0 Å². The van der Waals surface area contributed by atoms with Gasteiger partial charge in [0.25, 0.3) is 0 Å². The predicted octanol–water partition coefficient (Wildman–Crippen LogP) is 4.90. The van der Waals surface area contributed by atoms with Crippen LogP contribution in [0.4, 0.5) is 0 Å². The van der Waals surface area contributed by atoms with Crippen LogP contribution >= 0.6 is 0 Å². The molecule has 0 aliphatic carbocycles. The van der Waals surface area contributed by atoms with Crippen molar-refractivity contribution in [1.82, 2.24) is 0 Å². The topological polar surface area (TPSA) is 0 Å². The molecule has 0 rings (SSSR count). The average molecular weight is 211 g/mol. The van der Waals surface area contributed by atoms with Gasteiger partial charge in [0, 0.05) is 0 Å². The second-order valence-corrected chi connectivity index (χ2v) is 2.06. The summed E-state index contributed by atoms with van der Waals surface area (Å²) in [5.41, 5.74) is 0. The SMILES string of the molecule is CCC.CCCCC.[CH2-]C.[CH3-].[V+2]. The van der Waals surface area contributed by atoms with Gasteiger partial charge in [0.2, 0.25) is 0 Å². The molecule has 0 saturated heterocycles. The first-order valence-electron chi connectivity index (χ1n) is 4.54. The molecule has 0 aromatic heterocycles. The Bertz CT molecular complexity index is 19.0. The Morgan fingerprint density at radius 2 is 1.00 bits per heavy atom. The smallest absolute Gasteiger partial charge is 0.358 e. The fourth-order valence-electron chi connectivity index (χ4n) is 0.354. The monoisotopic (exact) mass is 211 g/mol. The van der Waals surface area contributed by atoms with Crippen molar-refractivity contribution in [3.63, 3.8) is 0 Å². The summed E-state index contributed by atoms with van der Waals surface area (Å²) in [7, 11) is 0. The third kappa shape index (κ3) is 146. The summed E-state index contributed by atoms with van der Waals surface area (Å²) in [4.78, 5) is 0. The van der Waals surface area contributed by atoms with Crippen molar-refractivity contribution < 1.29 is 18.6 Å².